The summed E-state index contributed by atoms with van der Waals surface area (Å²) in [5.41, 5.74) is 1.17. The van der Waals surface area contributed by atoms with Crippen molar-refractivity contribution < 1.29 is 9.53 Å². The molecule has 126 valence electrons. The van der Waals surface area contributed by atoms with E-state index in [4.69, 9.17) is 4.74 Å². The molecule has 23 heavy (non-hydrogen) atoms. The van der Waals surface area contributed by atoms with Crippen LogP contribution in [0.3, 0.4) is 0 Å². The Labute approximate surface area is 138 Å². The van der Waals surface area contributed by atoms with Crippen LogP contribution in [0.2, 0.25) is 0 Å². The van der Waals surface area contributed by atoms with Crippen molar-refractivity contribution in [2.24, 2.45) is 5.92 Å². The SMILES string of the molecule is COc1cccc(N2CCCC(NC(=O)C3CCNCC3)C2)c1. The van der Waals surface area contributed by atoms with Crippen molar-refractivity contribution in [3.05, 3.63) is 24.3 Å². The van der Waals surface area contributed by atoms with Gasteiger partial charge in [-0.2, -0.15) is 0 Å². The van der Waals surface area contributed by atoms with Crippen LogP contribution in [-0.4, -0.2) is 45.2 Å². The average Bonchev–Trinajstić information content (AvgIpc) is 2.63. The lowest BCUT2D eigenvalue weighted by Gasteiger charge is -2.35. The zero-order valence-electron chi connectivity index (χ0n) is 13.9. The van der Waals surface area contributed by atoms with Crippen molar-refractivity contribution in [3.8, 4) is 5.75 Å². The summed E-state index contributed by atoms with van der Waals surface area (Å²) in [4.78, 5) is 14.8. The number of carbonyl (C=O) groups excluding carboxylic acids is 1. The van der Waals surface area contributed by atoms with Gasteiger partial charge in [0.15, 0.2) is 0 Å². The van der Waals surface area contributed by atoms with E-state index in [2.05, 4.69) is 27.7 Å². The number of amides is 1. The molecule has 1 atom stereocenters. The van der Waals surface area contributed by atoms with Gasteiger partial charge >= 0.3 is 0 Å². The van der Waals surface area contributed by atoms with Crippen LogP contribution in [0.1, 0.15) is 25.7 Å². The number of anilines is 1. The molecule has 5 nitrogen and oxygen atoms in total. The molecule has 2 heterocycles. The Morgan fingerprint density at radius 3 is 2.91 bits per heavy atom. The van der Waals surface area contributed by atoms with E-state index >= 15 is 0 Å². The van der Waals surface area contributed by atoms with Crippen molar-refractivity contribution in [3.63, 3.8) is 0 Å². The van der Waals surface area contributed by atoms with Crippen molar-refractivity contribution in [1.29, 1.82) is 0 Å². The van der Waals surface area contributed by atoms with E-state index in [1.54, 1.807) is 7.11 Å². The largest absolute Gasteiger partial charge is 0.497 e. The first-order valence-electron chi connectivity index (χ1n) is 8.66. The number of nitrogens with one attached hydrogen (secondary N) is 2. The predicted octanol–water partition coefficient (Wildman–Crippen LogP) is 1.78. The molecule has 0 radical (unpaired) electrons. The van der Waals surface area contributed by atoms with Crippen LogP contribution in [0, 0.1) is 5.92 Å². The van der Waals surface area contributed by atoms with Gasteiger partial charge in [0.1, 0.15) is 5.75 Å². The number of piperidine rings is 2. The van der Waals surface area contributed by atoms with Gasteiger partial charge in [-0.3, -0.25) is 4.79 Å². The molecule has 2 aliphatic rings. The minimum absolute atomic E-state index is 0.184. The molecule has 1 aromatic rings. The van der Waals surface area contributed by atoms with Gasteiger partial charge < -0.3 is 20.3 Å². The zero-order valence-corrected chi connectivity index (χ0v) is 13.9. The molecule has 2 saturated heterocycles. The first-order chi connectivity index (χ1) is 11.3. The number of carbonyl (C=O) groups is 1. The monoisotopic (exact) mass is 317 g/mol. The van der Waals surface area contributed by atoms with Crippen LogP contribution in [0.5, 0.6) is 5.75 Å². The van der Waals surface area contributed by atoms with Gasteiger partial charge in [0, 0.05) is 36.8 Å². The summed E-state index contributed by atoms with van der Waals surface area (Å²) < 4.78 is 5.31. The fourth-order valence-corrected chi connectivity index (χ4v) is 3.54. The highest BCUT2D eigenvalue weighted by molar-refractivity contribution is 5.79. The van der Waals surface area contributed by atoms with E-state index < -0.39 is 0 Å². The molecule has 0 aliphatic carbocycles. The van der Waals surface area contributed by atoms with E-state index in [1.165, 1.54) is 5.69 Å². The van der Waals surface area contributed by atoms with Gasteiger partial charge in [-0.25, -0.2) is 0 Å². The highest BCUT2D eigenvalue weighted by atomic mass is 16.5. The number of hydrogen-bond donors (Lipinski definition) is 2. The van der Waals surface area contributed by atoms with Crippen LogP contribution in [0.4, 0.5) is 5.69 Å². The number of nitrogens with zero attached hydrogens (tertiary/aromatic N) is 1. The topological polar surface area (TPSA) is 53.6 Å². The van der Waals surface area contributed by atoms with Gasteiger partial charge in [-0.05, 0) is 50.9 Å². The van der Waals surface area contributed by atoms with Crippen molar-refractivity contribution in [2.75, 3.05) is 38.2 Å². The minimum atomic E-state index is 0.184. The molecule has 1 aromatic carbocycles. The summed E-state index contributed by atoms with van der Waals surface area (Å²) in [7, 11) is 1.69. The smallest absolute Gasteiger partial charge is 0.223 e. The normalized spacial score (nSPS) is 22.7. The lowest BCUT2D eigenvalue weighted by atomic mass is 9.96. The Balaban J connectivity index is 1.58. The Morgan fingerprint density at radius 2 is 2.13 bits per heavy atom. The summed E-state index contributed by atoms with van der Waals surface area (Å²) in [5, 5.41) is 6.59. The summed E-state index contributed by atoms with van der Waals surface area (Å²) in [6.07, 6.45) is 4.09. The maximum Gasteiger partial charge on any atom is 0.223 e. The zero-order chi connectivity index (χ0) is 16.1. The number of methoxy groups -OCH3 is 1. The molecule has 0 saturated carbocycles. The third kappa shape index (κ3) is 4.16. The molecule has 0 spiro atoms. The van der Waals surface area contributed by atoms with Crippen LogP contribution in [0.15, 0.2) is 24.3 Å². The van der Waals surface area contributed by atoms with Crippen LogP contribution < -0.4 is 20.3 Å². The predicted molar refractivity (Wildman–Crippen MR) is 92.0 cm³/mol. The van der Waals surface area contributed by atoms with Gasteiger partial charge in [-0.1, -0.05) is 6.07 Å². The maximum absolute atomic E-state index is 12.4. The van der Waals surface area contributed by atoms with Crippen molar-refractivity contribution in [1.82, 2.24) is 10.6 Å². The Hall–Kier alpha value is -1.75. The highest BCUT2D eigenvalue weighted by Gasteiger charge is 2.26. The number of ether oxygens (including phenoxy) is 1. The molecular formula is C18H27N3O2. The van der Waals surface area contributed by atoms with Crippen molar-refractivity contribution >= 4 is 11.6 Å². The maximum atomic E-state index is 12.4. The molecule has 1 unspecified atom stereocenters. The molecule has 2 aliphatic heterocycles. The number of hydrogen-bond acceptors (Lipinski definition) is 4. The van der Waals surface area contributed by atoms with Crippen LogP contribution in [0.25, 0.3) is 0 Å². The third-order valence-electron chi connectivity index (χ3n) is 4.90. The molecule has 0 aromatic heterocycles. The van der Waals surface area contributed by atoms with Gasteiger partial charge in [0.25, 0.3) is 0 Å². The number of benzene rings is 1. The Bertz CT molecular complexity index is 529. The van der Waals surface area contributed by atoms with E-state index in [1.807, 2.05) is 12.1 Å². The first kappa shape index (κ1) is 16.1. The second-order valence-corrected chi connectivity index (χ2v) is 6.52. The molecule has 3 rings (SSSR count). The van der Waals surface area contributed by atoms with E-state index in [9.17, 15) is 4.79 Å². The average molecular weight is 317 g/mol. The minimum Gasteiger partial charge on any atom is -0.497 e. The lowest BCUT2D eigenvalue weighted by Crippen LogP contribution is -2.50. The fraction of sp³-hybridized carbons (Fsp3) is 0.611. The van der Waals surface area contributed by atoms with Crippen molar-refractivity contribution in [2.45, 2.75) is 31.7 Å². The standard InChI is InChI=1S/C18H27N3O2/c1-23-17-6-2-5-16(12-17)21-11-3-4-15(13-21)20-18(22)14-7-9-19-10-8-14/h2,5-6,12,14-15,19H,3-4,7-11,13H2,1H3,(H,20,22). The van der Waals surface area contributed by atoms with E-state index in [-0.39, 0.29) is 17.9 Å². The second kappa shape index (κ2) is 7.68. The summed E-state index contributed by atoms with van der Waals surface area (Å²) in [6.45, 7) is 3.83. The quantitative estimate of drug-likeness (QED) is 0.889. The lowest BCUT2D eigenvalue weighted by molar-refractivity contribution is -0.126. The van der Waals surface area contributed by atoms with Crippen LogP contribution in [-0.2, 0) is 4.79 Å². The molecule has 1 amide bonds. The van der Waals surface area contributed by atoms with Gasteiger partial charge in [-0.15, -0.1) is 0 Å². The first-order valence-corrected chi connectivity index (χ1v) is 8.66. The Kier molecular flexibility index (Phi) is 5.39. The number of rotatable bonds is 4. The van der Waals surface area contributed by atoms with E-state index in [0.717, 1.165) is 57.6 Å². The molecule has 2 N–H and O–H groups in total. The molecule has 2 fully saturated rings. The fourth-order valence-electron chi connectivity index (χ4n) is 3.54. The van der Waals surface area contributed by atoms with Crippen LogP contribution >= 0.6 is 0 Å². The molecule has 0 bridgehead atoms. The summed E-state index contributed by atoms with van der Waals surface area (Å²) >= 11 is 0. The third-order valence-corrected chi connectivity index (χ3v) is 4.90. The summed E-state index contributed by atoms with van der Waals surface area (Å²) in [5.74, 6) is 1.30. The highest BCUT2D eigenvalue weighted by Crippen LogP contribution is 2.24. The molecular weight excluding hydrogens is 290 g/mol. The van der Waals surface area contributed by atoms with E-state index in [0.29, 0.717) is 0 Å². The molecule has 5 heteroatoms. The van der Waals surface area contributed by atoms with Gasteiger partial charge in [0.2, 0.25) is 5.91 Å². The van der Waals surface area contributed by atoms with Gasteiger partial charge in [0.05, 0.1) is 7.11 Å². The Morgan fingerprint density at radius 1 is 1.30 bits per heavy atom. The second-order valence-electron chi connectivity index (χ2n) is 6.52. The summed E-state index contributed by atoms with van der Waals surface area (Å²) in [6, 6.07) is 8.41.